The van der Waals surface area contributed by atoms with Gasteiger partial charge in [0.15, 0.2) is 0 Å². The summed E-state index contributed by atoms with van der Waals surface area (Å²) in [6, 6.07) is 2.04. The van der Waals surface area contributed by atoms with E-state index < -0.39 is 5.97 Å². The van der Waals surface area contributed by atoms with E-state index in [-0.39, 0.29) is 0 Å². The molecule has 16 heavy (non-hydrogen) atoms. The van der Waals surface area contributed by atoms with E-state index in [0.29, 0.717) is 42.8 Å². The van der Waals surface area contributed by atoms with Gasteiger partial charge in [-0.05, 0) is 12.8 Å². The van der Waals surface area contributed by atoms with Gasteiger partial charge in [0.2, 0.25) is 0 Å². The summed E-state index contributed by atoms with van der Waals surface area (Å²) in [4.78, 5) is 11.1. The Morgan fingerprint density at radius 1 is 1.50 bits per heavy atom. The van der Waals surface area contributed by atoms with Crippen molar-refractivity contribution in [3.8, 4) is 6.07 Å². The summed E-state index contributed by atoms with van der Waals surface area (Å²) in [5.74, 6) is -0.933. The lowest BCUT2D eigenvalue weighted by Crippen LogP contribution is -2.07. The molecular formula is C11H15N3O2. The van der Waals surface area contributed by atoms with Crippen LogP contribution in [0, 0.1) is 11.3 Å². The van der Waals surface area contributed by atoms with Crippen LogP contribution < -0.4 is 0 Å². The molecule has 0 aliphatic rings. The zero-order valence-corrected chi connectivity index (χ0v) is 9.53. The number of aryl methyl sites for hydroxylation is 2. The molecule has 86 valence electrons. The Morgan fingerprint density at radius 3 is 2.62 bits per heavy atom. The average molecular weight is 221 g/mol. The first-order chi connectivity index (χ1) is 7.65. The number of nitrogens with zero attached hydrogens (tertiary/aromatic N) is 3. The summed E-state index contributed by atoms with van der Waals surface area (Å²) in [6.07, 6.45) is 1.55. The molecule has 0 radical (unpaired) electrons. The Labute approximate surface area is 94.3 Å². The summed E-state index contributed by atoms with van der Waals surface area (Å²) < 4.78 is 1.64. The smallest absolute Gasteiger partial charge is 0.339 e. The summed E-state index contributed by atoms with van der Waals surface area (Å²) >= 11 is 0. The minimum Gasteiger partial charge on any atom is -0.478 e. The summed E-state index contributed by atoms with van der Waals surface area (Å²) in [6.45, 7) is 4.23. The minimum absolute atomic E-state index is 0.308. The van der Waals surface area contributed by atoms with Gasteiger partial charge in [-0.3, -0.25) is 4.68 Å². The summed E-state index contributed by atoms with van der Waals surface area (Å²) in [5, 5.41) is 21.9. The molecule has 1 aromatic heterocycles. The fraction of sp³-hybridized carbons (Fsp3) is 0.545. The molecule has 0 spiro atoms. The van der Waals surface area contributed by atoms with Gasteiger partial charge in [-0.15, -0.1) is 0 Å². The molecule has 0 saturated heterocycles. The van der Waals surface area contributed by atoms with Crippen molar-refractivity contribution in [2.45, 2.75) is 39.7 Å². The molecule has 1 heterocycles. The quantitative estimate of drug-likeness (QED) is 0.819. The maximum absolute atomic E-state index is 11.1. The highest BCUT2D eigenvalue weighted by Gasteiger charge is 2.20. The molecule has 0 atom stereocenters. The van der Waals surface area contributed by atoms with Gasteiger partial charge in [0.25, 0.3) is 0 Å². The van der Waals surface area contributed by atoms with E-state index >= 15 is 0 Å². The van der Waals surface area contributed by atoms with E-state index in [1.807, 2.05) is 19.9 Å². The number of nitriles is 1. The highest BCUT2D eigenvalue weighted by molar-refractivity contribution is 5.90. The topological polar surface area (TPSA) is 78.9 Å². The largest absolute Gasteiger partial charge is 0.478 e. The van der Waals surface area contributed by atoms with Gasteiger partial charge in [0.05, 0.1) is 30.4 Å². The lowest BCUT2D eigenvalue weighted by atomic mass is 10.1. The van der Waals surface area contributed by atoms with Crippen LogP contribution in [0.15, 0.2) is 0 Å². The Kier molecular flexibility index (Phi) is 4.06. The van der Waals surface area contributed by atoms with Crippen LogP contribution in [0.3, 0.4) is 0 Å². The first-order valence-corrected chi connectivity index (χ1v) is 5.34. The number of aromatic nitrogens is 2. The van der Waals surface area contributed by atoms with E-state index in [9.17, 15) is 4.79 Å². The van der Waals surface area contributed by atoms with E-state index in [1.165, 1.54) is 0 Å². The van der Waals surface area contributed by atoms with Crippen molar-refractivity contribution < 1.29 is 9.90 Å². The Balaban J connectivity index is 3.20. The number of carboxylic acid groups (broad SMARTS) is 1. The van der Waals surface area contributed by atoms with Crippen LogP contribution >= 0.6 is 0 Å². The molecule has 0 aliphatic heterocycles. The average Bonchev–Trinajstić information content (AvgIpc) is 2.63. The fourth-order valence-electron chi connectivity index (χ4n) is 1.75. The van der Waals surface area contributed by atoms with Gasteiger partial charge in [0, 0.05) is 0 Å². The van der Waals surface area contributed by atoms with Gasteiger partial charge < -0.3 is 5.11 Å². The first kappa shape index (κ1) is 12.2. The van der Waals surface area contributed by atoms with Crippen LogP contribution in [0.5, 0.6) is 0 Å². The van der Waals surface area contributed by atoms with Gasteiger partial charge >= 0.3 is 5.97 Å². The van der Waals surface area contributed by atoms with Gasteiger partial charge in [-0.25, -0.2) is 4.79 Å². The van der Waals surface area contributed by atoms with Crippen LogP contribution in [0.1, 0.15) is 42.0 Å². The number of aromatic carboxylic acids is 1. The zero-order valence-electron chi connectivity index (χ0n) is 9.53. The SMILES string of the molecule is CCc1nn(CCC#N)c(CC)c1C(=O)O. The predicted octanol–water partition coefficient (Wildman–Crippen LogP) is 1.62. The monoisotopic (exact) mass is 221 g/mol. The van der Waals surface area contributed by atoms with Crippen molar-refractivity contribution in [1.82, 2.24) is 9.78 Å². The molecule has 1 N–H and O–H groups in total. The van der Waals surface area contributed by atoms with Crippen molar-refractivity contribution in [3.05, 3.63) is 17.0 Å². The predicted molar refractivity (Wildman–Crippen MR) is 58.2 cm³/mol. The lowest BCUT2D eigenvalue weighted by molar-refractivity contribution is 0.0694. The second-order valence-corrected chi connectivity index (χ2v) is 3.41. The van der Waals surface area contributed by atoms with Crippen molar-refractivity contribution in [2.24, 2.45) is 0 Å². The van der Waals surface area contributed by atoms with Crippen LogP contribution in [-0.2, 0) is 19.4 Å². The normalized spacial score (nSPS) is 10.1. The molecule has 0 amide bonds. The van der Waals surface area contributed by atoms with Crippen molar-refractivity contribution in [3.63, 3.8) is 0 Å². The first-order valence-electron chi connectivity index (χ1n) is 5.34. The Bertz CT molecular complexity index is 429. The lowest BCUT2D eigenvalue weighted by Gasteiger charge is -2.03. The van der Waals surface area contributed by atoms with Gasteiger partial charge in [-0.2, -0.15) is 10.4 Å². The molecular weight excluding hydrogens is 206 g/mol. The molecule has 0 aromatic carbocycles. The second-order valence-electron chi connectivity index (χ2n) is 3.41. The maximum atomic E-state index is 11.1. The van der Waals surface area contributed by atoms with E-state index in [4.69, 9.17) is 10.4 Å². The number of carboxylic acids is 1. The van der Waals surface area contributed by atoms with Crippen molar-refractivity contribution >= 4 is 5.97 Å². The Hall–Kier alpha value is -1.83. The number of rotatable bonds is 5. The van der Waals surface area contributed by atoms with Gasteiger partial charge in [0.1, 0.15) is 5.56 Å². The second kappa shape index (κ2) is 5.31. The highest BCUT2D eigenvalue weighted by Crippen LogP contribution is 2.16. The highest BCUT2D eigenvalue weighted by atomic mass is 16.4. The molecule has 5 heteroatoms. The molecule has 0 bridgehead atoms. The molecule has 0 saturated carbocycles. The molecule has 1 aromatic rings. The number of hydrogen-bond donors (Lipinski definition) is 1. The molecule has 0 fully saturated rings. The van der Waals surface area contributed by atoms with Crippen LogP contribution in [0.4, 0.5) is 0 Å². The number of hydrogen-bond acceptors (Lipinski definition) is 3. The van der Waals surface area contributed by atoms with E-state index in [1.54, 1.807) is 4.68 Å². The van der Waals surface area contributed by atoms with Crippen LogP contribution in [0.25, 0.3) is 0 Å². The van der Waals surface area contributed by atoms with Gasteiger partial charge in [-0.1, -0.05) is 13.8 Å². The summed E-state index contributed by atoms with van der Waals surface area (Å²) in [5.41, 5.74) is 1.62. The van der Waals surface area contributed by atoms with Crippen LogP contribution in [0.2, 0.25) is 0 Å². The Morgan fingerprint density at radius 2 is 2.19 bits per heavy atom. The third-order valence-electron chi connectivity index (χ3n) is 2.45. The number of carbonyl (C=O) groups is 1. The standard InChI is InChI=1S/C11H15N3O2/c1-3-8-10(11(15)16)9(4-2)14(13-8)7-5-6-12/h3-5,7H2,1-2H3,(H,15,16). The zero-order chi connectivity index (χ0) is 12.1. The van der Waals surface area contributed by atoms with Crippen molar-refractivity contribution in [2.75, 3.05) is 0 Å². The third-order valence-corrected chi connectivity index (χ3v) is 2.45. The molecule has 5 nitrogen and oxygen atoms in total. The minimum atomic E-state index is -0.933. The summed E-state index contributed by atoms with van der Waals surface area (Å²) in [7, 11) is 0. The maximum Gasteiger partial charge on any atom is 0.339 e. The molecule has 0 unspecified atom stereocenters. The third kappa shape index (κ3) is 2.22. The van der Waals surface area contributed by atoms with Crippen LogP contribution in [-0.4, -0.2) is 20.9 Å². The fourth-order valence-corrected chi connectivity index (χ4v) is 1.75. The molecule has 0 aliphatic carbocycles. The van der Waals surface area contributed by atoms with E-state index in [2.05, 4.69) is 5.10 Å². The van der Waals surface area contributed by atoms with Crippen molar-refractivity contribution in [1.29, 1.82) is 5.26 Å². The molecule has 1 rings (SSSR count). The van der Waals surface area contributed by atoms with E-state index in [0.717, 1.165) is 0 Å².